The van der Waals surface area contributed by atoms with Crippen molar-refractivity contribution >= 4 is 23.4 Å². The first-order valence-corrected chi connectivity index (χ1v) is 7.68. The Bertz CT molecular complexity index is 655. The molecule has 2 aromatic carbocycles. The molecule has 0 spiro atoms. The van der Waals surface area contributed by atoms with Crippen LogP contribution >= 0.6 is 11.8 Å². The third-order valence-corrected chi connectivity index (χ3v) is 4.01. The summed E-state index contributed by atoms with van der Waals surface area (Å²) in [5.74, 6) is -0.477. The van der Waals surface area contributed by atoms with Crippen LogP contribution < -0.4 is 5.32 Å². The minimum absolute atomic E-state index is 0.173. The number of aryl methyl sites for hydroxylation is 1. The SMILES string of the molecule is Cc1cc(F)ccc1NC(=O)c1ccccc1SC(C)C. The van der Waals surface area contributed by atoms with Crippen LogP contribution in [-0.2, 0) is 0 Å². The second kappa shape index (κ2) is 6.76. The molecule has 0 aliphatic rings. The van der Waals surface area contributed by atoms with Crippen LogP contribution in [0.2, 0.25) is 0 Å². The molecule has 0 heterocycles. The Morgan fingerprint density at radius 3 is 2.57 bits per heavy atom. The smallest absolute Gasteiger partial charge is 0.256 e. The Labute approximate surface area is 128 Å². The van der Waals surface area contributed by atoms with E-state index in [0.29, 0.717) is 22.1 Å². The number of amides is 1. The maximum absolute atomic E-state index is 13.1. The molecule has 0 radical (unpaired) electrons. The van der Waals surface area contributed by atoms with Gasteiger partial charge in [-0.05, 0) is 42.8 Å². The van der Waals surface area contributed by atoms with Crippen molar-refractivity contribution < 1.29 is 9.18 Å². The molecule has 0 saturated heterocycles. The van der Waals surface area contributed by atoms with Crippen molar-refractivity contribution in [3.63, 3.8) is 0 Å². The van der Waals surface area contributed by atoms with Gasteiger partial charge in [-0.1, -0.05) is 26.0 Å². The molecule has 2 aromatic rings. The average Bonchev–Trinajstić information content (AvgIpc) is 2.42. The van der Waals surface area contributed by atoms with Crippen LogP contribution in [0.5, 0.6) is 0 Å². The quantitative estimate of drug-likeness (QED) is 0.815. The van der Waals surface area contributed by atoms with Gasteiger partial charge in [0.1, 0.15) is 5.82 Å². The van der Waals surface area contributed by atoms with Crippen molar-refractivity contribution in [1.82, 2.24) is 0 Å². The highest BCUT2D eigenvalue weighted by Crippen LogP contribution is 2.27. The lowest BCUT2D eigenvalue weighted by Crippen LogP contribution is -2.14. The zero-order chi connectivity index (χ0) is 15.4. The number of nitrogens with one attached hydrogen (secondary N) is 1. The molecule has 2 nitrogen and oxygen atoms in total. The van der Waals surface area contributed by atoms with Gasteiger partial charge in [-0.3, -0.25) is 4.79 Å². The van der Waals surface area contributed by atoms with Gasteiger partial charge in [-0.15, -0.1) is 11.8 Å². The first kappa shape index (κ1) is 15.6. The number of halogens is 1. The van der Waals surface area contributed by atoms with Gasteiger partial charge in [0.25, 0.3) is 5.91 Å². The maximum Gasteiger partial charge on any atom is 0.256 e. The average molecular weight is 303 g/mol. The summed E-state index contributed by atoms with van der Waals surface area (Å²) in [7, 11) is 0. The fourth-order valence-corrected chi connectivity index (χ4v) is 2.92. The summed E-state index contributed by atoms with van der Waals surface area (Å²) in [4.78, 5) is 13.4. The number of carbonyl (C=O) groups is 1. The van der Waals surface area contributed by atoms with Crippen molar-refractivity contribution in [2.45, 2.75) is 30.9 Å². The Kier molecular flexibility index (Phi) is 5.02. The van der Waals surface area contributed by atoms with E-state index < -0.39 is 0 Å². The van der Waals surface area contributed by atoms with Crippen LogP contribution in [0.1, 0.15) is 29.8 Å². The van der Waals surface area contributed by atoms with Gasteiger partial charge in [0.15, 0.2) is 0 Å². The zero-order valence-electron chi connectivity index (χ0n) is 12.3. The number of anilines is 1. The molecule has 4 heteroatoms. The molecule has 2 rings (SSSR count). The highest BCUT2D eigenvalue weighted by molar-refractivity contribution is 8.00. The number of hydrogen-bond donors (Lipinski definition) is 1. The van der Waals surface area contributed by atoms with E-state index in [2.05, 4.69) is 19.2 Å². The molecule has 0 atom stereocenters. The number of hydrogen-bond acceptors (Lipinski definition) is 2. The first-order chi connectivity index (χ1) is 9.97. The minimum atomic E-state index is -0.304. The summed E-state index contributed by atoms with van der Waals surface area (Å²) in [6.45, 7) is 5.94. The molecule has 0 bridgehead atoms. The number of thioether (sulfide) groups is 1. The molecule has 110 valence electrons. The summed E-state index contributed by atoms with van der Waals surface area (Å²) in [6.07, 6.45) is 0. The van der Waals surface area contributed by atoms with Crippen molar-refractivity contribution in [3.05, 3.63) is 59.4 Å². The summed E-state index contributed by atoms with van der Waals surface area (Å²) < 4.78 is 13.1. The summed E-state index contributed by atoms with van der Waals surface area (Å²) >= 11 is 1.65. The Morgan fingerprint density at radius 2 is 1.90 bits per heavy atom. The molecule has 1 N–H and O–H groups in total. The Balaban J connectivity index is 2.24. The van der Waals surface area contributed by atoms with Crippen LogP contribution in [-0.4, -0.2) is 11.2 Å². The fraction of sp³-hybridized carbons (Fsp3) is 0.235. The van der Waals surface area contributed by atoms with Crippen molar-refractivity contribution in [2.24, 2.45) is 0 Å². The molecular formula is C17H18FNOS. The third-order valence-electron chi connectivity index (χ3n) is 2.93. The lowest BCUT2D eigenvalue weighted by Gasteiger charge is -2.12. The van der Waals surface area contributed by atoms with Crippen molar-refractivity contribution in [2.75, 3.05) is 5.32 Å². The molecule has 0 aromatic heterocycles. The lowest BCUT2D eigenvalue weighted by atomic mass is 10.1. The number of carbonyl (C=O) groups excluding carboxylic acids is 1. The van der Waals surface area contributed by atoms with Gasteiger partial charge in [-0.25, -0.2) is 4.39 Å². The van der Waals surface area contributed by atoms with Crippen molar-refractivity contribution in [3.8, 4) is 0 Å². The minimum Gasteiger partial charge on any atom is -0.322 e. The van der Waals surface area contributed by atoms with E-state index in [1.807, 2.05) is 18.2 Å². The Hall–Kier alpha value is -1.81. The lowest BCUT2D eigenvalue weighted by molar-refractivity contribution is 0.102. The maximum atomic E-state index is 13.1. The highest BCUT2D eigenvalue weighted by Gasteiger charge is 2.13. The molecule has 0 unspecified atom stereocenters. The van der Waals surface area contributed by atoms with Crippen LogP contribution in [0.3, 0.4) is 0 Å². The van der Waals surface area contributed by atoms with Gasteiger partial charge in [-0.2, -0.15) is 0 Å². The van der Waals surface area contributed by atoms with Gasteiger partial charge in [0, 0.05) is 15.8 Å². The van der Waals surface area contributed by atoms with Crippen molar-refractivity contribution in [1.29, 1.82) is 0 Å². The Morgan fingerprint density at radius 1 is 1.19 bits per heavy atom. The molecule has 1 amide bonds. The van der Waals surface area contributed by atoms with E-state index in [9.17, 15) is 9.18 Å². The van der Waals surface area contributed by atoms with Crippen LogP contribution in [0.25, 0.3) is 0 Å². The van der Waals surface area contributed by atoms with E-state index in [-0.39, 0.29) is 11.7 Å². The molecule has 0 aliphatic heterocycles. The predicted molar refractivity (Wildman–Crippen MR) is 86.5 cm³/mol. The summed E-state index contributed by atoms with van der Waals surface area (Å²) in [6, 6.07) is 11.8. The van der Waals surface area contributed by atoms with E-state index in [0.717, 1.165) is 4.90 Å². The van der Waals surface area contributed by atoms with Gasteiger partial charge in [0.05, 0.1) is 5.56 Å². The zero-order valence-corrected chi connectivity index (χ0v) is 13.1. The second-order valence-electron chi connectivity index (χ2n) is 5.08. The van der Waals surface area contributed by atoms with E-state index in [4.69, 9.17) is 0 Å². The highest BCUT2D eigenvalue weighted by atomic mass is 32.2. The van der Waals surface area contributed by atoms with Gasteiger partial charge < -0.3 is 5.32 Å². The van der Waals surface area contributed by atoms with E-state index in [1.54, 1.807) is 30.8 Å². The van der Waals surface area contributed by atoms with Gasteiger partial charge >= 0.3 is 0 Å². The largest absolute Gasteiger partial charge is 0.322 e. The molecule has 0 saturated carbocycles. The number of rotatable bonds is 4. The predicted octanol–water partition coefficient (Wildman–Crippen LogP) is 4.89. The topological polar surface area (TPSA) is 29.1 Å². The second-order valence-corrected chi connectivity index (χ2v) is 6.69. The molecule has 21 heavy (non-hydrogen) atoms. The normalized spacial score (nSPS) is 10.7. The van der Waals surface area contributed by atoms with Crippen LogP contribution in [0.4, 0.5) is 10.1 Å². The first-order valence-electron chi connectivity index (χ1n) is 6.80. The molecular weight excluding hydrogens is 285 g/mol. The molecule has 0 aliphatic carbocycles. The van der Waals surface area contributed by atoms with E-state index in [1.165, 1.54) is 12.1 Å². The van der Waals surface area contributed by atoms with Gasteiger partial charge in [0.2, 0.25) is 0 Å². The third kappa shape index (κ3) is 4.08. The standard InChI is InChI=1S/C17H18FNOS/c1-11(2)21-16-7-5-4-6-14(16)17(20)19-15-9-8-13(18)10-12(15)3/h4-11H,1-3H3,(H,19,20). The number of benzene rings is 2. The van der Waals surface area contributed by atoms with Crippen LogP contribution in [0, 0.1) is 12.7 Å². The summed E-state index contributed by atoms with van der Waals surface area (Å²) in [5.41, 5.74) is 1.98. The van der Waals surface area contributed by atoms with Crippen LogP contribution in [0.15, 0.2) is 47.4 Å². The molecule has 0 fully saturated rings. The summed E-state index contributed by atoms with van der Waals surface area (Å²) in [5, 5.41) is 3.24. The van der Waals surface area contributed by atoms with E-state index >= 15 is 0 Å². The monoisotopic (exact) mass is 303 g/mol. The fourth-order valence-electron chi connectivity index (χ4n) is 1.97.